The molecule has 132 valence electrons. The number of carbonyl (C=O) groups is 1. The van der Waals surface area contributed by atoms with Gasteiger partial charge in [-0.15, -0.1) is 0 Å². The quantitative estimate of drug-likeness (QED) is 0.912. The van der Waals surface area contributed by atoms with Gasteiger partial charge in [0.15, 0.2) is 0 Å². The zero-order chi connectivity index (χ0) is 18.6. The molecule has 0 bridgehead atoms. The number of fused-ring (bicyclic) bond motifs is 1. The second-order valence-electron chi connectivity index (χ2n) is 6.73. The Bertz CT molecular complexity index is 984. The summed E-state index contributed by atoms with van der Waals surface area (Å²) in [6, 6.07) is 8.49. The Hall–Kier alpha value is -2.41. The van der Waals surface area contributed by atoms with Gasteiger partial charge in [-0.3, -0.25) is 9.52 Å². The summed E-state index contributed by atoms with van der Waals surface area (Å²) in [6.45, 7) is 5.22. The number of anilines is 2. The average Bonchev–Trinajstić information content (AvgIpc) is 2.71. The number of amides is 1. The third-order valence-electron chi connectivity index (χ3n) is 4.60. The van der Waals surface area contributed by atoms with Crippen molar-refractivity contribution in [3.63, 3.8) is 0 Å². The van der Waals surface area contributed by atoms with E-state index in [4.69, 9.17) is 0 Å². The largest absolute Gasteiger partial charge is 0.314 e. The lowest BCUT2D eigenvalue weighted by Gasteiger charge is -2.17. The number of likely N-dealkylation sites (N-methyl/N-ethyl adjacent to an activating group) is 1. The third-order valence-corrected chi connectivity index (χ3v) is 5.96. The van der Waals surface area contributed by atoms with Crippen LogP contribution in [0.3, 0.4) is 0 Å². The molecule has 2 aromatic carbocycles. The standard InChI is InChI=1S/C18H19FN2O3S/c1-11-5-6-12(19)9-15(11)20-25(23,24)13-7-8-16-14(10-13)18(2,3)17(22)21(16)4/h5-10,20H,1-4H3. The molecule has 5 nitrogen and oxygen atoms in total. The van der Waals surface area contributed by atoms with Crippen molar-refractivity contribution in [1.82, 2.24) is 0 Å². The lowest BCUT2D eigenvalue weighted by atomic mass is 9.86. The highest BCUT2D eigenvalue weighted by Crippen LogP contribution is 2.41. The van der Waals surface area contributed by atoms with Gasteiger partial charge in [-0.2, -0.15) is 0 Å². The van der Waals surface area contributed by atoms with Gasteiger partial charge in [0.25, 0.3) is 10.0 Å². The summed E-state index contributed by atoms with van der Waals surface area (Å²) < 4.78 is 41.2. The van der Waals surface area contributed by atoms with E-state index in [1.54, 1.807) is 33.9 Å². The average molecular weight is 362 g/mol. The van der Waals surface area contributed by atoms with Crippen molar-refractivity contribution in [3.05, 3.63) is 53.3 Å². The van der Waals surface area contributed by atoms with Gasteiger partial charge in [0.1, 0.15) is 5.82 Å². The van der Waals surface area contributed by atoms with E-state index in [0.717, 1.165) is 6.07 Å². The second kappa shape index (κ2) is 5.56. The molecule has 25 heavy (non-hydrogen) atoms. The molecule has 0 fully saturated rings. The third kappa shape index (κ3) is 2.78. The maximum absolute atomic E-state index is 13.4. The van der Waals surface area contributed by atoms with Gasteiger partial charge in [0, 0.05) is 12.7 Å². The van der Waals surface area contributed by atoms with Crippen molar-refractivity contribution >= 4 is 27.3 Å². The molecule has 7 heteroatoms. The van der Waals surface area contributed by atoms with Gasteiger partial charge in [-0.1, -0.05) is 6.07 Å². The molecule has 2 aromatic rings. The number of hydrogen-bond acceptors (Lipinski definition) is 3. The van der Waals surface area contributed by atoms with Crippen LogP contribution in [0.1, 0.15) is 25.0 Å². The van der Waals surface area contributed by atoms with E-state index in [0.29, 0.717) is 16.8 Å². The Balaban J connectivity index is 2.04. The van der Waals surface area contributed by atoms with Gasteiger partial charge in [-0.05, 0) is 62.2 Å². The first-order valence-corrected chi connectivity index (χ1v) is 9.24. The molecule has 0 atom stereocenters. The van der Waals surface area contributed by atoms with E-state index in [-0.39, 0.29) is 16.5 Å². The van der Waals surface area contributed by atoms with Crippen molar-refractivity contribution in [3.8, 4) is 0 Å². The molecule has 0 aromatic heterocycles. The predicted octanol–water partition coefficient (Wildman–Crippen LogP) is 3.19. The molecule has 0 saturated heterocycles. The molecule has 3 rings (SSSR count). The normalized spacial score (nSPS) is 16.0. The second-order valence-corrected chi connectivity index (χ2v) is 8.42. The number of carbonyl (C=O) groups excluding carboxylic acids is 1. The highest BCUT2D eigenvalue weighted by Gasteiger charge is 2.42. The molecule has 0 spiro atoms. The first kappa shape index (κ1) is 17.4. The van der Waals surface area contributed by atoms with E-state index in [9.17, 15) is 17.6 Å². The number of halogens is 1. The summed E-state index contributed by atoms with van der Waals surface area (Å²) in [5.41, 5.74) is 1.34. The molecule has 0 aliphatic carbocycles. The van der Waals surface area contributed by atoms with Crippen LogP contribution >= 0.6 is 0 Å². The molecule has 1 amide bonds. The van der Waals surface area contributed by atoms with Gasteiger partial charge in [-0.25, -0.2) is 12.8 Å². The maximum atomic E-state index is 13.4. The fraction of sp³-hybridized carbons (Fsp3) is 0.278. The van der Waals surface area contributed by atoms with E-state index in [2.05, 4.69) is 4.72 Å². The van der Waals surface area contributed by atoms with Gasteiger partial charge in [0.2, 0.25) is 5.91 Å². The highest BCUT2D eigenvalue weighted by atomic mass is 32.2. The van der Waals surface area contributed by atoms with Crippen LogP contribution in [-0.2, 0) is 20.2 Å². The van der Waals surface area contributed by atoms with Crippen LogP contribution in [0.4, 0.5) is 15.8 Å². The van der Waals surface area contributed by atoms with E-state index in [1.165, 1.54) is 29.2 Å². The van der Waals surface area contributed by atoms with E-state index in [1.807, 2.05) is 0 Å². The molecule has 1 aliphatic rings. The summed E-state index contributed by atoms with van der Waals surface area (Å²) >= 11 is 0. The molecule has 1 aliphatic heterocycles. The topological polar surface area (TPSA) is 66.5 Å². The number of nitrogens with one attached hydrogen (secondary N) is 1. The summed E-state index contributed by atoms with van der Waals surface area (Å²) in [5.74, 6) is -0.614. The number of aryl methyl sites for hydroxylation is 1. The van der Waals surface area contributed by atoms with E-state index >= 15 is 0 Å². The van der Waals surface area contributed by atoms with Crippen LogP contribution in [0.5, 0.6) is 0 Å². The van der Waals surface area contributed by atoms with Crippen molar-refractivity contribution in [2.45, 2.75) is 31.1 Å². The fourth-order valence-corrected chi connectivity index (χ4v) is 4.17. The minimum atomic E-state index is -3.91. The Morgan fingerprint density at radius 1 is 1.12 bits per heavy atom. The van der Waals surface area contributed by atoms with Crippen LogP contribution in [0, 0.1) is 12.7 Å². The summed E-state index contributed by atoms with van der Waals surface area (Å²) in [4.78, 5) is 13.9. The van der Waals surface area contributed by atoms with Crippen LogP contribution in [0.2, 0.25) is 0 Å². The summed E-state index contributed by atoms with van der Waals surface area (Å²) in [5, 5.41) is 0. The van der Waals surface area contributed by atoms with Crippen molar-refractivity contribution in [2.24, 2.45) is 0 Å². The Labute approximate surface area is 146 Å². The number of hydrogen-bond donors (Lipinski definition) is 1. The van der Waals surface area contributed by atoms with E-state index < -0.39 is 21.3 Å². The van der Waals surface area contributed by atoms with Crippen molar-refractivity contribution < 1.29 is 17.6 Å². The van der Waals surface area contributed by atoms with Crippen LogP contribution in [0.15, 0.2) is 41.3 Å². The number of rotatable bonds is 3. The zero-order valence-corrected chi connectivity index (χ0v) is 15.2. The maximum Gasteiger partial charge on any atom is 0.261 e. The smallest absolute Gasteiger partial charge is 0.261 e. The molecule has 0 saturated carbocycles. The SMILES string of the molecule is Cc1ccc(F)cc1NS(=O)(=O)c1ccc2c(c1)C(C)(C)C(=O)N2C. The first-order valence-electron chi connectivity index (χ1n) is 7.76. The monoisotopic (exact) mass is 362 g/mol. The fourth-order valence-electron chi connectivity index (χ4n) is 3.03. The number of nitrogens with zero attached hydrogens (tertiary/aromatic N) is 1. The predicted molar refractivity (Wildman–Crippen MR) is 94.8 cm³/mol. The van der Waals surface area contributed by atoms with Gasteiger partial charge < -0.3 is 4.90 Å². The first-order chi connectivity index (χ1) is 11.5. The Kier molecular flexibility index (Phi) is 3.87. The molecule has 1 N–H and O–H groups in total. The molecular formula is C18H19FN2O3S. The lowest BCUT2D eigenvalue weighted by Crippen LogP contribution is -2.33. The molecule has 0 unspecified atom stereocenters. The Morgan fingerprint density at radius 2 is 1.80 bits per heavy atom. The minimum absolute atomic E-state index is 0.0334. The minimum Gasteiger partial charge on any atom is -0.314 e. The zero-order valence-electron chi connectivity index (χ0n) is 14.4. The lowest BCUT2D eigenvalue weighted by molar-refractivity contribution is -0.121. The van der Waals surface area contributed by atoms with Crippen molar-refractivity contribution in [1.29, 1.82) is 0 Å². The number of sulfonamides is 1. The van der Waals surface area contributed by atoms with Gasteiger partial charge >= 0.3 is 0 Å². The number of benzene rings is 2. The highest BCUT2D eigenvalue weighted by molar-refractivity contribution is 7.92. The van der Waals surface area contributed by atoms with Crippen LogP contribution in [-0.4, -0.2) is 21.4 Å². The molecule has 0 radical (unpaired) electrons. The Morgan fingerprint density at radius 3 is 2.48 bits per heavy atom. The summed E-state index contributed by atoms with van der Waals surface area (Å²) in [7, 11) is -2.24. The summed E-state index contributed by atoms with van der Waals surface area (Å²) in [6.07, 6.45) is 0. The van der Waals surface area contributed by atoms with Crippen molar-refractivity contribution in [2.75, 3.05) is 16.7 Å². The van der Waals surface area contributed by atoms with Crippen LogP contribution < -0.4 is 9.62 Å². The molecule has 1 heterocycles. The van der Waals surface area contributed by atoms with Crippen LogP contribution in [0.25, 0.3) is 0 Å². The molecular weight excluding hydrogens is 343 g/mol. The van der Waals surface area contributed by atoms with Gasteiger partial charge in [0.05, 0.1) is 16.0 Å².